The van der Waals surface area contributed by atoms with Gasteiger partial charge in [0, 0.05) is 5.02 Å². The Morgan fingerprint density at radius 3 is 2.15 bits per heavy atom. The number of hydroxylamine groups is 1. The number of methoxy groups -OCH3 is 1. The summed E-state index contributed by atoms with van der Waals surface area (Å²) < 4.78 is 18.3. The number of amides is 2. The van der Waals surface area contributed by atoms with Crippen molar-refractivity contribution in [1.82, 2.24) is 0 Å². The lowest BCUT2D eigenvalue weighted by Crippen LogP contribution is -2.37. The second-order valence-corrected chi connectivity index (χ2v) is 8.34. The summed E-state index contributed by atoms with van der Waals surface area (Å²) in [7, 11) is 1.27. The van der Waals surface area contributed by atoms with Crippen LogP contribution in [0.4, 0.5) is 15.8 Å². The van der Waals surface area contributed by atoms with Crippen LogP contribution in [0.2, 0.25) is 5.02 Å². The molecule has 2 aliphatic heterocycles. The number of ether oxygens (including phenoxy) is 1. The van der Waals surface area contributed by atoms with Crippen molar-refractivity contribution >= 4 is 40.8 Å². The van der Waals surface area contributed by atoms with Gasteiger partial charge in [-0.2, -0.15) is 0 Å². The van der Waals surface area contributed by atoms with E-state index in [4.69, 9.17) is 21.2 Å². The summed E-state index contributed by atoms with van der Waals surface area (Å²) in [6.45, 7) is 0. The van der Waals surface area contributed by atoms with E-state index in [1.165, 1.54) is 48.6 Å². The van der Waals surface area contributed by atoms with E-state index in [1.807, 2.05) is 0 Å². The molecule has 3 aromatic carbocycles. The fraction of sp³-hybridized carbons (Fsp3) is 0.160. The van der Waals surface area contributed by atoms with Crippen LogP contribution in [0.15, 0.2) is 72.8 Å². The van der Waals surface area contributed by atoms with Crippen molar-refractivity contribution in [3.63, 3.8) is 0 Å². The lowest BCUT2D eigenvalue weighted by atomic mass is 9.90. The Morgan fingerprint density at radius 1 is 0.912 bits per heavy atom. The van der Waals surface area contributed by atoms with Crippen LogP contribution in [0.5, 0.6) is 0 Å². The Kier molecular flexibility index (Phi) is 5.55. The van der Waals surface area contributed by atoms with Crippen molar-refractivity contribution < 1.29 is 28.3 Å². The summed E-state index contributed by atoms with van der Waals surface area (Å²) in [4.78, 5) is 45.7. The Hall–Kier alpha value is -3.75. The highest BCUT2D eigenvalue weighted by atomic mass is 35.5. The molecular formula is C25H18ClFN2O5. The molecule has 2 saturated heterocycles. The maximum Gasteiger partial charge on any atom is 0.337 e. The largest absolute Gasteiger partial charge is 0.465 e. The molecule has 2 aliphatic rings. The van der Waals surface area contributed by atoms with Crippen LogP contribution in [0.3, 0.4) is 0 Å². The van der Waals surface area contributed by atoms with E-state index in [-0.39, 0.29) is 0 Å². The maximum absolute atomic E-state index is 13.6. The molecule has 0 radical (unpaired) electrons. The summed E-state index contributed by atoms with van der Waals surface area (Å²) in [6.07, 6.45) is -1.07. The van der Waals surface area contributed by atoms with Gasteiger partial charge >= 0.3 is 5.97 Å². The third-order valence-corrected chi connectivity index (χ3v) is 6.21. The second-order valence-electron chi connectivity index (χ2n) is 7.90. The lowest BCUT2D eigenvalue weighted by molar-refractivity contribution is -0.126. The average molecular weight is 481 g/mol. The fourth-order valence-corrected chi connectivity index (χ4v) is 4.47. The SMILES string of the molecule is COC(=O)c1ccc(N2C(=O)[C@@H]3[C@@H](ON(c4ccc(Cl)cc4)[C@H]3c3ccc(F)cc3)C2=O)cc1. The number of carbonyl (C=O) groups is 3. The van der Waals surface area contributed by atoms with Gasteiger partial charge in [-0.05, 0) is 66.2 Å². The zero-order chi connectivity index (χ0) is 24.0. The predicted molar refractivity (Wildman–Crippen MR) is 122 cm³/mol. The number of fused-ring (bicyclic) bond motifs is 1. The van der Waals surface area contributed by atoms with E-state index in [0.717, 1.165) is 4.90 Å². The minimum absolute atomic E-state index is 0.292. The molecule has 0 unspecified atom stereocenters. The summed E-state index contributed by atoms with van der Waals surface area (Å²) in [5, 5.41) is 2.03. The summed E-state index contributed by atoms with van der Waals surface area (Å²) in [6, 6.07) is 17.8. The van der Waals surface area contributed by atoms with Crippen LogP contribution in [0.25, 0.3) is 0 Å². The first-order chi connectivity index (χ1) is 16.4. The number of imide groups is 1. The molecule has 0 saturated carbocycles. The number of anilines is 2. The average Bonchev–Trinajstić information content (AvgIpc) is 3.35. The van der Waals surface area contributed by atoms with Gasteiger partial charge < -0.3 is 4.74 Å². The zero-order valence-electron chi connectivity index (χ0n) is 17.9. The molecule has 3 aromatic rings. The summed E-state index contributed by atoms with van der Waals surface area (Å²) in [5.41, 5.74) is 1.83. The molecule has 2 fully saturated rings. The minimum Gasteiger partial charge on any atom is -0.465 e. The number of rotatable bonds is 4. The van der Waals surface area contributed by atoms with Gasteiger partial charge in [-0.25, -0.2) is 19.1 Å². The molecule has 0 aliphatic carbocycles. The molecule has 0 bridgehead atoms. The van der Waals surface area contributed by atoms with E-state index < -0.39 is 41.7 Å². The van der Waals surface area contributed by atoms with E-state index >= 15 is 0 Å². The Balaban J connectivity index is 1.53. The van der Waals surface area contributed by atoms with Gasteiger partial charge in [-0.15, -0.1) is 0 Å². The Bertz CT molecular complexity index is 1260. The molecule has 0 aromatic heterocycles. The fourth-order valence-electron chi connectivity index (χ4n) is 4.34. The zero-order valence-corrected chi connectivity index (χ0v) is 18.6. The Morgan fingerprint density at radius 2 is 1.53 bits per heavy atom. The topological polar surface area (TPSA) is 76.2 Å². The first-order valence-corrected chi connectivity index (χ1v) is 10.8. The third-order valence-electron chi connectivity index (χ3n) is 5.95. The number of nitrogens with zero attached hydrogens (tertiary/aromatic N) is 2. The van der Waals surface area contributed by atoms with Crippen LogP contribution >= 0.6 is 11.6 Å². The van der Waals surface area contributed by atoms with E-state index in [9.17, 15) is 18.8 Å². The number of halogens is 2. The Labute approximate surface area is 199 Å². The smallest absolute Gasteiger partial charge is 0.337 e. The van der Waals surface area contributed by atoms with Crippen molar-refractivity contribution in [2.45, 2.75) is 12.1 Å². The molecule has 34 heavy (non-hydrogen) atoms. The van der Waals surface area contributed by atoms with Gasteiger partial charge in [-0.1, -0.05) is 23.7 Å². The number of hydrogen-bond acceptors (Lipinski definition) is 6. The molecule has 172 valence electrons. The molecule has 9 heteroatoms. The van der Waals surface area contributed by atoms with Crippen molar-refractivity contribution in [2.24, 2.45) is 5.92 Å². The van der Waals surface area contributed by atoms with Crippen molar-refractivity contribution in [3.05, 3.63) is 94.8 Å². The third kappa shape index (κ3) is 3.61. The molecule has 0 N–H and O–H groups in total. The van der Waals surface area contributed by atoms with Crippen LogP contribution in [0.1, 0.15) is 22.0 Å². The highest BCUT2D eigenvalue weighted by Gasteiger charge is 2.60. The standard InChI is InChI=1S/C25H18ClFN2O5/c1-33-25(32)15-4-10-18(11-5-15)28-23(30)20-21(14-2-8-17(27)9-3-14)29(34-22(20)24(28)31)19-12-6-16(26)7-13-19/h2-13,20-22H,1H3/t20-,21-,22+/m0/s1. The van der Waals surface area contributed by atoms with E-state index in [0.29, 0.717) is 27.5 Å². The van der Waals surface area contributed by atoms with Crippen molar-refractivity contribution in [3.8, 4) is 0 Å². The van der Waals surface area contributed by atoms with E-state index in [2.05, 4.69) is 0 Å². The molecule has 5 rings (SSSR count). The second kappa shape index (κ2) is 8.55. The molecule has 7 nitrogen and oxygen atoms in total. The van der Waals surface area contributed by atoms with Crippen LogP contribution in [-0.2, 0) is 19.2 Å². The van der Waals surface area contributed by atoms with Crippen LogP contribution in [0, 0.1) is 11.7 Å². The number of hydrogen-bond donors (Lipinski definition) is 0. The molecular weight excluding hydrogens is 463 g/mol. The minimum atomic E-state index is -1.07. The van der Waals surface area contributed by atoms with E-state index in [1.54, 1.807) is 36.4 Å². The highest BCUT2D eigenvalue weighted by molar-refractivity contribution is 6.30. The van der Waals surface area contributed by atoms with Gasteiger partial charge in [0.2, 0.25) is 5.91 Å². The molecule has 3 atom stereocenters. The quantitative estimate of drug-likeness (QED) is 0.409. The van der Waals surface area contributed by atoms with Gasteiger partial charge in [0.25, 0.3) is 5.91 Å². The predicted octanol–water partition coefficient (Wildman–Crippen LogP) is 4.32. The van der Waals surface area contributed by atoms with Crippen molar-refractivity contribution in [2.75, 3.05) is 17.1 Å². The molecule has 2 heterocycles. The molecule has 2 amide bonds. The van der Waals surface area contributed by atoms with Gasteiger partial charge in [0.1, 0.15) is 11.7 Å². The van der Waals surface area contributed by atoms with Crippen LogP contribution in [-0.4, -0.2) is 31.0 Å². The van der Waals surface area contributed by atoms with Gasteiger partial charge in [-0.3, -0.25) is 14.4 Å². The number of benzene rings is 3. The monoisotopic (exact) mass is 480 g/mol. The summed E-state index contributed by atoms with van der Waals surface area (Å²) >= 11 is 6.01. The first kappa shape index (κ1) is 22.1. The van der Waals surface area contributed by atoms with Crippen LogP contribution < -0.4 is 9.96 Å². The number of carbonyl (C=O) groups excluding carboxylic acids is 3. The number of esters is 1. The van der Waals surface area contributed by atoms with Crippen molar-refractivity contribution in [1.29, 1.82) is 0 Å². The maximum atomic E-state index is 13.6. The highest BCUT2D eigenvalue weighted by Crippen LogP contribution is 2.47. The summed E-state index contributed by atoms with van der Waals surface area (Å²) in [5.74, 6) is -2.79. The van der Waals surface area contributed by atoms with Gasteiger partial charge in [0.15, 0.2) is 6.10 Å². The first-order valence-electron chi connectivity index (χ1n) is 10.4. The normalized spacial score (nSPS) is 21.7. The van der Waals surface area contributed by atoms with Gasteiger partial charge in [0.05, 0.1) is 30.1 Å². The lowest BCUT2D eigenvalue weighted by Gasteiger charge is -2.28. The molecule has 0 spiro atoms.